The van der Waals surface area contributed by atoms with Gasteiger partial charge in [0.25, 0.3) is 0 Å². The Kier molecular flexibility index (Phi) is 4.62. The van der Waals surface area contributed by atoms with Crippen molar-refractivity contribution in [2.24, 2.45) is 5.92 Å². The smallest absolute Gasteiger partial charge is 0.105 e. The molecule has 1 unspecified atom stereocenters. The van der Waals surface area contributed by atoms with Gasteiger partial charge in [0, 0.05) is 12.1 Å². The lowest BCUT2D eigenvalue weighted by Crippen LogP contribution is -2.40. The summed E-state index contributed by atoms with van der Waals surface area (Å²) in [5.74, 6) is 0.382. The van der Waals surface area contributed by atoms with Gasteiger partial charge in [0.1, 0.15) is 6.67 Å². The molecule has 0 saturated heterocycles. The summed E-state index contributed by atoms with van der Waals surface area (Å²) in [5, 5.41) is 3.15. The highest BCUT2D eigenvalue weighted by Crippen LogP contribution is 2.02. The summed E-state index contributed by atoms with van der Waals surface area (Å²) in [4.78, 5) is 0. The van der Waals surface area contributed by atoms with Crippen LogP contribution in [0.3, 0.4) is 0 Å². The van der Waals surface area contributed by atoms with Crippen LogP contribution < -0.4 is 5.32 Å². The minimum absolute atomic E-state index is 0.0278. The molecule has 0 heterocycles. The van der Waals surface area contributed by atoms with Crippen molar-refractivity contribution in [3.63, 3.8) is 0 Å². The largest absolute Gasteiger partial charge is 0.309 e. The maximum absolute atomic E-state index is 12.2. The second-order valence-electron chi connectivity index (χ2n) is 3.33. The van der Waals surface area contributed by atoms with Crippen LogP contribution in [-0.4, -0.2) is 18.8 Å². The molecule has 0 rings (SSSR count). The van der Waals surface area contributed by atoms with Gasteiger partial charge in [-0.15, -0.1) is 0 Å². The Hall–Kier alpha value is -0.110. The molecule has 62 valence electrons. The van der Waals surface area contributed by atoms with Crippen molar-refractivity contribution in [1.29, 1.82) is 0 Å². The Bertz CT molecular complexity index is 81.3. The molecule has 0 aliphatic carbocycles. The lowest BCUT2D eigenvalue weighted by molar-refractivity contribution is 0.295. The van der Waals surface area contributed by atoms with Gasteiger partial charge in [-0.3, -0.25) is 0 Å². The third-order valence-corrected chi connectivity index (χ3v) is 1.52. The molecular weight excluding hydrogens is 129 g/mol. The Morgan fingerprint density at radius 3 is 1.80 bits per heavy atom. The monoisotopic (exact) mass is 147 g/mol. The normalized spacial score (nSPS) is 14.7. The zero-order valence-electron chi connectivity index (χ0n) is 7.32. The van der Waals surface area contributed by atoms with Crippen LogP contribution in [0.15, 0.2) is 0 Å². The van der Waals surface area contributed by atoms with Gasteiger partial charge in [-0.25, -0.2) is 4.39 Å². The molecule has 1 atom stereocenters. The fraction of sp³-hybridized carbons (Fsp3) is 1.00. The van der Waals surface area contributed by atoms with Crippen LogP contribution in [0.4, 0.5) is 4.39 Å². The van der Waals surface area contributed by atoms with Crippen molar-refractivity contribution in [1.82, 2.24) is 5.32 Å². The van der Waals surface area contributed by atoms with Crippen LogP contribution in [0.2, 0.25) is 0 Å². The first-order chi connectivity index (χ1) is 4.57. The number of nitrogens with one attached hydrogen (secondary N) is 1. The molecular formula is C8H18FN. The maximum atomic E-state index is 12.2. The number of hydrogen-bond donors (Lipinski definition) is 1. The van der Waals surface area contributed by atoms with E-state index in [1.54, 1.807) is 0 Å². The highest BCUT2D eigenvalue weighted by atomic mass is 19.1. The summed E-state index contributed by atoms with van der Waals surface area (Å²) in [7, 11) is 0. The summed E-state index contributed by atoms with van der Waals surface area (Å²) in [6, 6.07) is 0.406. The molecule has 2 heteroatoms. The van der Waals surface area contributed by atoms with Crippen molar-refractivity contribution >= 4 is 0 Å². The van der Waals surface area contributed by atoms with Gasteiger partial charge in [-0.05, 0) is 5.92 Å². The Morgan fingerprint density at radius 2 is 1.70 bits per heavy atom. The van der Waals surface area contributed by atoms with Crippen molar-refractivity contribution in [3.05, 3.63) is 0 Å². The molecule has 10 heavy (non-hydrogen) atoms. The third kappa shape index (κ3) is 3.83. The molecule has 1 nitrogen and oxygen atoms in total. The van der Waals surface area contributed by atoms with Gasteiger partial charge in [0.05, 0.1) is 0 Å². The van der Waals surface area contributed by atoms with E-state index in [4.69, 9.17) is 0 Å². The van der Waals surface area contributed by atoms with Crippen LogP contribution in [0.25, 0.3) is 0 Å². The summed E-state index contributed by atoms with van der Waals surface area (Å²) >= 11 is 0. The Morgan fingerprint density at radius 1 is 1.20 bits per heavy atom. The van der Waals surface area contributed by atoms with E-state index in [1.165, 1.54) is 0 Å². The van der Waals surface area contributed by atoms with Crippen molar-refractivity contribution in [2.75, 3.05) is 6.67 Å². The van der Waals surface area contributed by atoms with E-state index in [0.29, 0.717) is 12.0 Å². The lowest BCUT2D eigenvalue weighted by Gasteiger charge is -2.21. The average molecular weight is 147 g/mol. The van der Waals surface area contributed by atoms with Crippen LogP contribution in [-0.2, 0) is 0 Å². The molecule has 0 spiro atoms. The molecule has 0 aromatic rings. The minimum atomic E-state index is -0.268. The molecule has 0 saturated carbocycles. The second kappa shape index (κ2) is 4.67. The molecule has 0 aromatic carbocycles. The van der Waals surface area contributed by atoms with Gasteiger partial charge >= 0.3 is 0 Å². The quantitative estimate of drug-likeness (QED) is 0.641. The van der Waals surface area contributed by atoms with Gasteiger partial charge in [-0.1, -0.05) is 27.7 Å². The molecule has 0 aliphatic rings. The number of rotatable bonds is 4. The zero-order valence-corrected chi connectivity index (χ0v) is 7.32. The highest BCUT2D eigenvalue weighted by molar-refractivity contribution is 4.70. The van der Waals surface area contributed by atoms with Crippen LogP contribution in [0.5, 0.6) is 0 Å². The van der Waals surface area contributed by atoms with Crippen LogP contribution in [0.1, 0.15) is 27.7 Å². The summed E-state index contributed by atoms with van der Waals surface area (Å²) in [5.41, 5.74) is 0. The van der Waals surface area contributed by atoms with Crippen LogP contribution >= 0.6 is 0 Å². The van der Waals surface area contributed by atoms with E-state index in [2.05, 4.69) is 5.32 Å². The van der Waals surface area contributed by atoms with Gasteiger partial charge in [-0.2, -0.15) is 0 Å². The maximum Gasteiger partial charge on any atom is 0.105 e. The number of alkyl halides is 1. The lowest BCUT2D eigenvalue weighted by atomic mass is 10.1. The molecule has 0 radical (unpaired) electrons. The van der Waals surface area contributed by atoms with E-state index in [1.807, 2.05) is 27.7 Å². The van der Waals surface area contributed by atoms with Crippen molar-refractivity contribution in [3.8, 4) is 0 Å². The standard InChI is InChI=1S/C8H18FN/c1-6(2)8(5-9)10-7(3)4/h6-8,10H,5H2,1-4H3. The molecule has 0 fully saturated rings. The van der Waals surface area contributed by atoms with Crippen LogP contribution in [0, 0.1) is 5.92 Å². The first kappa shape index (κ1) is 9.89. The van der Waals surface area contributed by atoms with Gasteiger partial charge < -0.3 is 5.32 Å². The molecule has 0 amide bonds. The molecule has 0 aromatic heterocycles. The van der Waals surface area contributed by atoms with E-state index in [0.717, 1.165) is 0 Å². The summed E-state index contributed by atoms with van der Waals surface area (Å²) < 4.78 is 12.2. The first-order valence-corrected chi connectivity index (χ1v) is 3.90. The first-order valence-electron chi connectivity index (χ1n) is 3.90. The molecule has 1 N–H and O–H groups in total. The Labute approximate surface area is 63.0 Å². The molecule has 0 aliphatic heterocycles. The number of hydrogen-bond acceptors (Lipinski definition) is 1. The third-order valence-electron chi connectivity index (χ3n) is 1.52. The number of halogens is 1. The van der Waals surface area contributed by atoms with Gasteiger partial charge in [0.2, 0.25) is 0 Å². The van der Waals surface area contributed by atoms with Gasteiger partial charge in [0.15, 0.2) is 0 Å². The average Bonchev–Trinajstić information content (AvgIpc) is 1.81. The predicted molar refractivity (Wildman–Crippen MR) is 42.9 cm³/mol. The van der Waals surface area contributed by atoms with Crippen molar-refractivity contribution < 1.29 is 4.39 Å². The van der Waals surface area contributed by atoms with E-state index in [9.17, 15) is 4.39 Å². The highest BCUT2D eigenvalue weighted by Gasteiger charge is 2.12. The molecule has 0 bridgehead atoms. The van der Waals surface area contributed by atoms with E-state index in [-0.39, 0.29) is 12.7 Å². The minimum Gasteiger partial charge on any atom is -0.309 e. The van der Waals surface area contributed by atoms with E-state index < -0.39 is 0 Å². The SMILES string of the molecule is CC(C)NC(CF)C(C)C. The topological polar surface area (TPSA) is 12.0 Å². The second-order valence-corrected chi connectivity index (χ2v) is 3.33. The Balaban J connectivity index is 3.60. The summed E-state index contributed by atoms with van der Waals surface area (Å²) in [6.45, 7) is 7.85. The predicted octanol–water partition coefficient (Wildman–Crippen LogP) is 1.98. The fourth-order valence-electron chi connectivity index (χ4n) is 0.843. The zero-order chi connectivity index (χ0) is 8.15. The van der Waals surface area contributed by atoms with E-state index >= 15 is 0 Å². The summed E-state index contributed by atoms with van der Waals surface area (Å²) in [6.07, 6.45) is 0. The van der Waals surface area contributed by atoms with Crippen molar-refractivity contribution in [2.45, 2.75) is 39.8 Å². The fourth-order valence-corrected chi connectivity index (χ4v) is 0.843.